The molecule has 96 valence electrons. The third-order valence-electron chi connectivity index (χ3n) is 2.27. The Kier molecular flexibility index (Phi) is 5.16. The van der Waals surface area contributed by atoms with E-state index in [-0.39, 0.29) is 5.75 Å². The van der Waals surface area contributed by atoms with Gasteiger partial charge in [-0.25, -0.2) is 13.1 Å². The highest BCUT2D eigenvalue weighted by molar-refractivity contribution is 9.09. The van der Waals surface area contributed by atoms with Crippen molar-refractivity contribution in [1.29, 1.82) is 0 Å². The molecule has 0 spiro atoms. The number of rotatable bonds is 6. The normalized spacial score (nSPS) is 12.6. The summed E-state index contributed by atoms with van der Waals surface area (Å²) in [4.78, 5) is 0. The summed E-state index contributed by atoms with van der Waals surface area (Å²) in [5, 5.41) is 0.588. The molecule has 0 saturated heterocycles. The molecule has 0 fully saturated rings. The van der Waals surface area contributed by atoms with Gasteiger partial charge < -0.3 is 0 Å². The summed E-state index contributed by atoms with van der Waals surface area (Å²) in [6.45, 7) is 3.70. The molecule has 17 heavy (non-hydrogen) atoms. The number of alkyl halides is 1. The number of halogens is 1. The fraction of sp³-hybridized carbons (Fsp3) is 0.500. The lowest BCUT2D eigenvalue weighted by atomic mass is 10.1. The van der Waals surface area contributed by atoms with Crippen molar-refractivity contribution in [2.75, 3.05) is 11.1 Å². The Morgan fingerprint density at radius 3 is 2.35 bits per heavy atom. The molecule has 0 aliphatic heterocycles. The lowest BCUT2D eigenvalue weighted by Gasteiger charge is -2.23. The first kappa shape index (κ1) is 14.7. The number of aryl methyl sites for hydroxylation is 1. The van der Waals surface area contributed by atoms with E-state index in [2.05, 4.69) is 20.7 Å². The van der Waals surface area contributed by atoms with Gasteiger partial charge in [-0.05, 0) is 25.8 Å². The van der Waals surface area contributed by atoms with E-state index in [0.717, 1.165) is 5.56 Å². The van der Waals surface area contributed by atoms with Gasteiger partial charge in [-0.1, -0.05) is 46.3 Å². The Labute approximate surface area is 112 Å². The average Bonchev–Trinajstić information content (AvgIpc) is 2.27. The summed E-state index contributed by atoms with van der Waals surface area (Å²) >= 11 is 3.29. The zero-order valence-corrected chi connectivity index (χ0v) is 12.5. The van der Waals surface area contributed by atoms with Crippen molar-refractivity contribution < 1.29 is 8.42 Å². The van der Waals surface area contributed by atoms with Crippen molar-refractivity contribution in [3.63, 3.8) is 0 Å². The Hall–Kier alpha value is -0.390. The predicted molar refractivity (Wildman–Crippen MR) is 74.9 cm³/mol. The molecule has 3 nitrogen and oxygen atoms in total. The monoisotopic (exact) mass is 319 g/mol. The van der Waals surface area contributed by atoms with Gasteiger partial charge in [0, 0.05) is 10.9 Å². The molecular formula is C12H18BrNO2S. The van der Waals surface area contributed by atoms with Crippen LogP contribution in [0, 0.1) is 0 Å². The highest BCUT2D eigenvalue weighted by Crippen LogP contribution is 2.09. The van der Waals surface area contributed by atoms with Gasteiger partial charge in [0.2, 0.25) is 10.0 Å². The van der Waals surface area contributed by atoms with Crippen molar-refractivity contribution in [3.05, 3.63) is 35.9 Å². The summed E-state index contributed by atoms with van der Waals surface area (Å²) in [6, 6.07) is 9.62. The standard InChI is InChI=1S/C12H18BrNO2S/c1-12(2,10-13)14-17(15,16)9-8-11-6-4-3-5-7-11/h3-7,14H,8-10H2,1-2H3. The zero-order valence-electron chi connectivity index (χ0n) is 10.1. The topological polar surface area (TPSA) is 46.2 Å². The fourth-order valence-corrected chi connectivity index (χ4v) is 3.24. The lowest BCUT2D eigenvalue weighted by molar-refractivity contribution is 0.500. The molecule has 0 aliphatic carbocycles. The predicted octanol–water partition coefficient (Wildman–Crippen LogP) is 2.32. The molecule has 0 aliphatic rings. The minimum Gasteiger partial charge on any atom is -0.212 e. The molecule has 1 N–H and O–H groups in total. The van der Waals surface area contributed by atoms with Crippen LogP contribution in [0.2, 0.25) is 0 Å². The average molecular weight is 320 g/mol. The van der Waals surface area contributed by atoms with Crippen LogP contribution in [0.1, 0.15) is 19.4 Å². The van der Waals surface area contributed by atoms with E-state index in [0.29, 0.717) is 11.8 Å². The van der Waals surface area contributed by atoms with Crippen LogP contribution in [0.3, 0.4) is 0 Å². The minimum absolute atomic E-state index is 0.118. The van der Waals surface area contributed by atoms with E-state index >= 15 is 0 Å². The van der Waals surface area contributed by atoms with Crippen LogP contribution in [-0.4, -0.2) is 25.0 Å². The van der Waals surface area contributed by atoms with E-state index in [1.807, 2.05) is 44.2 Å². The van der Waals surface area contributed by atoms with Gasteiger partial charge >= 0.3 is 0 Å². The Morgan fingerprint density at radius 1 is 1.24 bits per heavy atom. The maximum Gasteiger partial charge on any atom is 0.212 e. The molecule has 5 heteroatoms. The second-order valence-electron chi connectivity index (χ2n) is 4.67. The highest BCUT2D eigenvalue weighted by Gasteiger charge is 2.23. The van der Waals surface area contributed by atoms with Crippen LogP contribution < -0.4 is 4.72 Å². The van der Waals surface area contributed by atoms with E-state index in [1.54, 1.807) is 0 Å². The molecule has 0 amide bonds. The van der Waals surface area contributed by atoms with Gasteiger partial charge in [0.05, 0.1) is 5.75 Å². The largest absolute Gasteiger partial charge is 0.212 e. The van der Waals surface area contributed by atoms with Crippen molar-refractivity contribution in [1.82, 2.24) is 4.72 Å². The molecule has 0 radical (unpaired) electrons. The van der Waals surface area contributed by atoms with Crippen LogP contribution in [0.5, 0.6) is 0 Å². The van der Waals surface area contributed by atoms with E-state index in [9.17, 15) is 8.42 Å². The maximum absolute atomic E-state index is 11.8. The number of benzene rings is 1. The summed E-state index contributed by atoms with van der Waals surface area (Å²) in [6.07, 6.45) is 0.536. The van der Waals surface area contributed by atoms with E-state index in [1.165, 1.54) is 0 Å². The van der Waals surface area contributed by atoms with Crippen LogP contribution in [-0.2, 0) is 16.4 Å². The van der Waals surface area contributed by atoms with Crippen molar-refractivity contribution in [3.8, 4) is 0 Å². The minimum atomic E-state index is -3.23. The molecule has 1 aromatic carbocycles. The number of hydrogen-bond acceptors (Lipinski definition) is 2. The SMILES string of the molecule is CC(C)(CBr)NS(=O)(=O)CCc1ccccc1. The summed E-state index contributed by atoms with van der Waals surface area (Å²) < 4.78 is 26.4. The zero-order chi connectivity index (χ0) is 12.9. The Morgan fingerprint density at radius 2 is 1.82 bits per heavy atom. The molecular weight excluding hydrogens is 302 g/mol. The van der Waals surface area contributed by atoms with Crippen molar-refractivity contribution >= 4 is 26.0 Å². The molecule has 0 bridgehead atoms. The van der Waals surface area contributed by atoms with E-state index in [4.69, 9.17) is 0 Å². The molecule has 1 rings (SSSR count). The molecule has 1 aromatic rings. The van der Waals surface area contributed by atoms with Crippen molar-refractivity contribution in [2.24, 2.45) is 0 Å². The van der Waals surface area contributed by atoms with Crippen LogP contribution >= 0.6 is 15.9 Å². The lowest BCUT2D eigenvalue weighted by Crippen LogP contribution is -2.45. The van der Waals surface area contributed by atoms with Gasteiger partial charge in [-0.15, -0.1) is 0 Å². The highest BCUT2D eigenvalue weighted by atomic mass is 79.9. The molecule has 0 aromatic heterocycles. The number of hydrogen-bond donors (Lipinski definition) is 1. The van der Waals surface area contributed by atoms with Crippen LogP contribution in [0.25, 0.3) is 0 Å². The molecule has 0 unspecified atom stereocenters. The third kappa shape index (κ3) is 5.66. The van der Waals surface area contributed by atoms with Gasteiger partial charge in [0.1, 0.15) is 0 Å². The van der Waals surface area contributed by atoms with Gasteiger partial charge in [0.25, 0.3) is 0 Å². The summed E-state index contributed by atoms with van der Waals surface area (Å²) in [7, 11) is -3.23. The quantitative estimate of drug-likeness (QED) is 0.818. The molecule has 0 heterocycles. The van der Waals surface area contributed by atoms with Crippen LogP contribution in [0.4, 0.5) is 0 Å². The molecule has 0 saturated carbocycles. The molecule has 0 atom stereocenters. The first-order chi connectivity index (χ1) is 7.85. The number of nitrogens with one attached hydrogen (secondary N) is 1. The van der Waals surface area contributed by atoms with Gasteiger partial charge in [-0.3, -0.25) is 0 Å². The van der Waals surface area contributed by atoms with Crippen molar-refractivity contribution in [2.45, 2.75) is 25.8 Å². The Balaban J connectivity index is 2.57. The Bertz CT molecular complexity index is 443. The maximum atomic E-state index is 11.8. The van der Waals surface area contributed by atoms with E-state index < -0.39 is 15.6 Å². The fourth-order valence-electron chi connectivity index (χ4n) is 1.40. The summed E-state index contributed by atoms with van der Waals surface area (Å²) in [5.74, 6) is 0.118. The first-order valence-electron chi connectivity index (χ1n) is 5.46. The van der Waals surface area contributed by atoms with Gasteiger partial charge in [-0.2, -0.15) is 0 Å². The number of sulfonamides is 1. The summed E-state index contributed by atoms with van der Waals surface area (Å²) in [5.41, 5.74) is 0.588. The smallest absolute Gasteiger partial charge is 0.212 e. The second kappa shape index (κ2) is 5.98. The van der Waals surface area contributed by atoms with Crippen LogP contribution in [0.15, 0.2) is 30.3 Å². The third-order valence-corrected chi connectivity index (χ3v) is 5.28. The second-order valence-corrected chi connectivity index (χ2v) is 7.08. The van der Waals surface area contributed by atoms with Gasteiger partial charge in [0.15, 0.2) is 0 Å². The first-order valence-corrected chi connectivity index (χ1v) is 8.23.